The number of anilines is 1. The van der Waals surface area contributed by atoms with Crippen LogP contribution < -0.4 is 11.1 Å². The molecule has 48 heavy (non-hydrogen) atoms. The summed E-state index contributed by atoms with van der Waals surface area (Å²) in [5.74, 6) is -3.48. The Morgan fingerprint density at radius 1 is 1.08 bits per heavy atom. The lowest BCUT2D eigenvalue weighted by Crippen LogP contribution is -2.71. The van der Waals surface area contributed by atoms with Crippen molar-refractivity contribution in [1.29, 1.82) is 0 Å². The summed E-state index contributed by atoms with van der Waals surface area (Å²) in [6.07, 6.45) is 0. The van der Waals surface area contributed by atoms with Crippen LogP contribution in [0.25, 0.3) is 10.6 Å². The molecule has 4 aromatic rings. The molecule has 2 aromatic heterocycles. The number of β-lactam (4-membered cyclic amide) rings is 1. The van der Waals surface area contributed by atoms with Crippen LogP contribution >= 0.6 is 46.2 Å². The number of nitrogen functional groups attached to an aromatic ring is 1. The van der Waals surface area contributed by atoms with Gasteiger partial charge < -0.3 is 41.4 Å². The highest BCUT2D eigenvalue weighted by atomic mass is 32.2. The number of hydrogen-bond donors (Lipinski definition) is 7. The summed E-state index contributed by atoms with van der Waals surface area (Å²) < 4.78 is 0.529. The van der Waals surface area contributed by atoms with E-state index in [4.69, 9.17) is 10.6 Å². The van der Waals surface area contributed by atoms with Crippen LogP contribution in [0.4, 0.5) is 5.13 Å². The number of carboxylic acids is 1. The largest absolute Gasteiger partial charge is 0.504 e. The van der Waals surface area contributed by atoms with E-state index in [9.17, 15) is 39.9 Å². The lowest BCUT2D eigenvalue weighted by molar-refractivity contribution is -0.150. The highest BCUT2D eigenvalue weighted by Crippen LogP contribution is 2.42. The molecule has 0 bridgehead atoms. The standard InChI is InChI=1S/C28H23N7O9S4/c29-27-30-14(10-46-27)19(34-44-7-11-1-3-15(36)17(38)5-11)22(40)31-20-24(41)35-21(26(42)43)13(8-45-25(20)35)9-47-28-33-32-23(48-28)12-2-4-16(37)18(39)6-12/h1-6,10,20,25,36-39H,7-9H2,(H2,29,30)(H,31,40)(H,42,43)/t20-,25+/m1/s1. The van der Waals surface area contributed by atoms with Crippen molar-refractivity contribution in [3.05, 3.63) is 64.3 Å². The number of carboxylic acid groups (broad SMARTS) is 1. The Morgan fingerprint density at radius 2 is 1.83 bits per heavy atom. The van der Waals surface area contributed by atoms with E-state index >= 15 is 0 Å². The molecule has 0 radical (unpaired) electrons. The fraction of sp³-hybridized carbons (Fsp3) is 0.179. The molecule has 6 rings (SSSR count). The Bertz CT molecular complexity index is 2000. The third-order valence-electron chi connectivity index (χ3n) is 6.94. The van der Waals surface area contributed by atoms with Gasteiger partial charge in [0.25, 0.3) is 11.8 Å². The number of oxime groups is 1. The van der Waals surface area contributed by atoms with Crippen LogP contribution in [0.15, 0.2) is 62.5 Å². The topological polar surface area (TPSA) is 254 Å². The lowest BCUT2D eigenvalue weighted by Gasteiger charge is -2.49. The third kappa shape index (κ3) is 6.68. The van der Waals surface area contributed by atoms with Crippen molar-refractivity contribution in [2.24, 2.45) is 5.16 Å². The van der Waals surface area contributed by atoms with Crippen molar-refractivity contribution in [3.8, 4) is 33.6 Å². The molecule has 2 atom stereocenters. The van der Waals surface area contributed by atoms with Crippen LogP contribution in [-0.4, -0.2) is 92.0 Å². The molecule has 20 heteroatoms. The smallest absolute Gasteiger partial charge is 0.352 e. The van der Waals surface area contributed by atoms with Crippen LogP contribution in [0.3, 0.4) is 0 Å². The molecule has 0 saturated carbocycles. The van der Waals surface area contributed by atoms with Crippen molar-refractivity contribution >= 4 is 74.8 Å². The van der Waals surface area contributed by atoms with E-state index in [1.54, 1.807) is 6.07 Å². The molecule has 0 aliphatic carbocycles. The van der Waals surface area contributed by atoms with Gasteiger partial charge in [-0.15, -0.1) is 33.3 Å². The summed E-state index contributed by atoms with van der Waals surface area (Å²) in [4.78, 5) is 49.6. The number of fused-ring (bicyclic) bond motifs is 1. The summed E-state index contributed by atoms with van der Waals surface area (Å²) >= 11 is 4.81. The molecular weight excluding hydrogens is 707 g/mol. The quantitative estimate of drug-likeness (QED) is 0.0385. The van der Waals surface area contributed by atoms with Gasteiger partial charge in [-0.25, -0.2) is 9.78 Å². The summed E-state index contributed by atoms with van der Waals surface area (Å²) in [5.41, 5.74) is 6.88. The summed E-state index contributed by atoms with van der Waals surface area (Å²) in [6.45, 7) is -0.175. The second-order valence-electron chi connectivity index (χ2n) is 10.1. The number of nitrogens with two attached hydrogens (primary N) is 1. The molecule has 2 aliphatic rings. The van der Waals surface area contributed by atoms with E-state index < -0.39 is 29.2 Å². The summed E-state index contributed by atoms with van der Waals surface area (Å²) in [5, 5.41) is 64.8. The van der Waals surface area contributed by atoms with Crippen molar-refractivity contribution in [1.82, 2.24) is 25.4 Å². The van der Waals surface area contributed by atoms with Gasteiger partial charge in [0.2, 0.25) is 0 Å². The predicted molar refractivity (Wildman–Crippen MR) is 177 cm³/mol. The van der Waals surface area contributed by atoms with Crippen molar-refractivity contribution in [3.63, 3.8) is 0 Å². The van der Waals surface area contributed by atoms with Crippen LogP contribution in [0, 0.1) is 0 Å². The van der Waals surface area contributed by atoms with Crippen LogP contribution in [-0.2, 0) is 25.8 Å². The minimum Gasteiger partial charge on any atom is -0.504 e. The maximum Gasteiger partial charge on any atom is 0.352 e. The number of aliphatic carboxylic acids is 1. The minimum atomic E-state index is -1.29. The fourth-order valence-corrected chi connectivity index (χ4v) is 8.51. The molecule has 8 N–H and O–H groups in total. The number of aromatic hydroxyl groups is 4. The number of aromatic nitrogens is 3. The van der Waals surface area contributed by atoms with E-state index in [-0.39, 0.29) is 63.3 Å². The Balaban J connectivity index is 1.13. The molecule has 0 spiro atoms. The van der Waals surface area contributed by atoms with Crippen LogP contribution in [0.1, 0.15) is 11.3 Å². The van der Waals surface area contributed by atoms with Gasteiger partial charge in [0, 0.05) is 22.4 Å². The average Bonchev–Trinajstić information content (AvgIpc) is 3.72. The van der Waals surface area contributed by atoms with E-state index in [2.05, 4.69) is 25.7 Å². The zero-order chi connectivity index (χ0) is 34.1. The normalized spacial score (nSPS) is 17.5. The first-order valence-electron chi connectivity index (χ1n) is 13.6. The molecule has 2 amide bonds. The number of carbonyl (C=O) groups excluding carboxylic acids is 2. The second kappa shape index (κ2) is 13.6. The molecule has 0 unspecified atom stereocenters. The molecule has 2 aliphatic heterocycles. The number of thioether (sulfide) groups is 2. The number of nitrogens with zero attached hydrogens (tertiary/aromatic N) is 5. The first-order chi connectivity index (χ1) is 23.0. The molecule has 1 saturated heterocycles. The molecule has 248 valence electrons. The number of hydrogen-bond acceptors (Lipinski definition) is 17. The summed E-state index contributed by atoms with van der Waals surface area (Å²) in [6, 6.07) is 7.23. The number of benzene rings is 2. The monoisotopic (exact) mass is 729 g/mol. The Morgan fingerprint density at radius 3 is 2.52 bits per heavy atom. The summed E-state index contributed by atoms with van der Waals surface area (Å²) in [7, 11) is 0. The van der Waals surface area contributed by atoms with Crippen LogP contribution in [0.2, 0.25) is 0 Å². The highest BCUT2D eigenvalue weighted by molar-refractivity contribution is 8.01. The van der Waals surface area contributed by atoms with Crippen molar-refractivity contribution in [2.45, 2.75) is 22.4 Å². The van der Waals surface area contributed by atoms with Gasteiger partial charge in [-0.1, -0.05) is 34.3 Å². The first-order valence-corrected chi connectivity index (χ1v) is 17.3. The number of thiazole rings is 1. The van der Waals surface area contributed by atoms with Gasteiger partial charge in [0.1, 0.15) is 34.4 Å². The van der Waals surface area contributed by atoms with Gasteiger partial charge in [0.15, 0.2) is 38.2 Å². The first kappa shape index (κ1) is 32.9. The minimum absolute atomic E-state index is 0.0935. The van der Waals surface area contributed by atoms with E-state index in [0.717, 1.165) is 16.2 Å². The molecule has 4 heterocycles. The van der Waals surface area contributed by atoms with Gasteiger partial charge in [-0.3, -0.25) is 14.5 Å². The average molecular weight is 730 g/mol. The van der Waals surface area contributed by atoms with E-state index in [1.165, 1.54) is 70.6 Å². The van der Waals surface area contributed by atoms with Gasteiger partial charge in [-0.2, -0.15) is 0 Å². The number of phenols is 4. The molecule has 1 fully saturated rings. The number of rotatable bonds is 11. The fourth-order valence-electron chi connectivity index (χ4n) is 4.63. The number of carbonyl (C=O) groups is 3. The Kier molecular flexibility index (Phi) is 9.31. The van der Waals surface area contributed by atoms with Gasteiger partial charge in [-0.05, 0) is 41.5 Å². The third-order valence-corrected chi connectivity index (χ3v) is 11.1. The number of phenolic OH excluding ortho intramolecular Hbond substituents is 4. The molecule has 16 nitrogen and oxygen atoms in total. The van der Waals surface area contributed by atoms with Crippen molar-refractivity contribution < 1.29 is 44.8 Å². The zero-order valence-electron chi connectivity index (χ0n) is 24.1. The zero-order valence-corrected chi connectivity index (χ0v) is 27.4. The maximum atomic E-state index is 13.4. The molecular formula is C28H23N7O9S4. The highest BCUT2D eigenvalue weighted by Gasteiger charge is 2.54. The van der Waals surface area contributed by atoms with Gasteiger partial charge >= 0.3 is 5.97 Å². The SMILES string of the molecule is Nc1nc(C(=NOCc2ccc(O)c(O)c2)C(=O)N[C@@H]2C(=O)N3C(C(=O)O)=C(CSc4nnc(-c5ccc(O)c(O)c5)s4)CS[C@@H]23)cs1. The number of nitrogens with one attached hydrogen (secondary N) is 1. The van der Waals surface area contributed by atoms with Crippen molar-refractivity contribution in [2.75, 3.05) is 17.2 Å². The second-order valence-corrected chi connectivity index (χ2v) is 14.3. The number of amides is 2. The Labute approximate surface area is 286 Å². The van der Waals surface area contributed by atoms with E-state index in [0.29, 0.717) is 26.0 Å². The molecule has 2 aromatic carbocycles. The Hall–Kier alpha value is -5.05. The lowest BCUT2D eigenvalue weighted by atomic mass is 10.0. The van der Waals surface area contributed by atoms with E-state index in [1.807, 2.05) is 0 Å². The van der Waals surface area contributed by atoms with Gasteiger partial charge in [0.05, 0.1) is 0 Å². The van der Waals surface area contributed by atoms with Crippen LogP contribution in [0.5, 0.6) is 23.0 Å². The predicted octanol–water partition coefficient (Wildman–Crippen LogP) is 2.52. The maximum absolute atomic E-state index is 13.4.